The van der Waals surface area contributed by atoms with Crippen LogP contribution in [-0.4, -0.2) is 0 Å². The van der Waals surface area contributed by atoms with Gasteiger partial charge >= 0.3 is 0 Å². The summed E-state index contributed by atoms with van der Waals surface area (Å²) in [7, 11) is 0. The molecule has 3 N–H and O–H groups in total. The molecule has 0 aliphatic heterocycles. The van der Waals surface area contributed by atoms with Gasteiger partial charge in [-0.15, -0.1) is 0 Å². The highest BCUT2D eigenvalue weighted by atomic mass is 15.2. The lowest BCUT2D eigenvalue weighted by atomic mass is 9.89. The molecule has 1 aromatic rings. The fourth-order valence-corrected chi connectivity index (χ4v) is 2.76. The van der Waals surface area contributed by atoms with Crippen molar-refractivity contribution < 1.29 is 0 Å². The average Bonchev–Trinajstić information content (AvgIpc) is 2.41. The third kappa shape index (κ3) is 3.01. The van der Waals surface area contributed by atoms with E-state index in [0.29, 0.717) is 0 Å². The monoisotopic (exact) mass is 244 g/mol. The Morgan fingerprint density at radius 1 is 1.28 bits per heavy atom. The Bertz CT molecular complexity index is 435. The van der Waals surface area contributed by atoms with Crippen LogP contribution in [0.15, 0.2) is 29.8 Å². The molecule has 0 heterocycles. The number of rotatable bonds is 4. The molecular weight excluding hydrogens is 220 g/mol. The summed E-state index contributed by atoms with van der Waals surface area (Å²) in [6, 6.07) is 6.72. The van der Waals surface area contributed by atoms with Gasteiger partial charge < -0.3 is 0 Å². The summed E-state index contributed by atoms with van der Waals surface area (Å²) in [6.07, 6.45) is 8.59. The van der Waals surface area contributed by atoms with Crippen LogP contribution in [0, 0.1) is 13.8 Å². The average molecular weight is 244 g/mol. The Kier molecular flexibility index (Phi) is 4.56. The topological polar surface area (TPSA) is 38.0 Å². The molecule has 2 heteroatoms. The number of aryl methyl sites for hydroxylation is 1. The van der Waals surface area contributed by atoms with Gasteiger partial charge in [0.05, 0.1) is 0 Å². The molecule has 0 saturated heterocycles. The van der Waals surface area contributed by atoms with Crippen molar-refractivity contribution in [2.24, 2.45) is 5.84 Å². The summed E-state index contributed by atoms with van der Waals surface area (Å²) in [5.74, 6) is 5.76. The van der Waals surface area contributed by atoms with Crippen LogP contribution in [0.3, 0.4) is 0 Å². The van der Waals surface area contributed by atoms with Crippen LogP contribution in [0.1, 0.15) is 54.8 Å². The first kappa shape index (κ1) is 13.3. The van der Waals surface area contributed by atoms with Crippen LogP contribution in [0.25, 0.3) is 0 Å². The van der Waals surface area contributed by atoms with Crippen LogP contribution in [0.2, 0.25) is 0 Å². The lowest BCUT2D eigenvalue weighted by Gasteiger charge is -2.22. The van der Waals surface area contributed by atoms with Crippen LogP contribution in [-0.2, 0) is 0 Å². The largest absolute Gasteiger partial charge is 0.271 e. The number of hydrogen-bond acceptors (Lipinski definition) is 2. The Morgan fingerprint density at radius 3 is 2.78 bits per heavy atom. The number of benzene rings is 1. The molecule has 2 nitrogen and oxygen atoms in total. The first-order valence-corrected chi connectivity index (χ1v) is 6.92. The zero-order valence-electron chi connectivity index (χ0n) is 11.5. The molecular formula is C16H24N2. The second-order valence-electron chi connectivity index (χ2n) is 5.32. The van der Waals surface area contributed by atoms with E-state index in [0.717, 1.165) is 6.42 Å². The second kappa shape index (κ2) is 6.17. The zero-order valence-corrected chi connectivity index (χ0v) is 11.5. The highest BCUT2D eigenvalue weighted by molar-refractivity contribution is 5.36. The van der Waals surface area contributed by atoms with Crippen LogP contribution >= 0.6 is 0 Å². The molecule has 1 unspecified atom stereocenters. The van der Waals surface area contributed by atoms with Crippen molar-refractivity contribution >= 4 is 0 Å². The van der Waals surface area contributed by atoms with E-state index in [4.69, 9.17) is 5.84 Å². The van der Waals surface area contributed by atoms with E-state index in [-0.39, 0.29) is 6.04 Å². The van der Waals surface area contributed by atoms with Gasteiger partial charge in [0, 0.05) is 6.04 Å². The van der Waals surface area contributed by atoms with Gasteiger partial charge in [0.1, 0.15) is 0 Å². The maximum Gasteiger partial charge on any atom is 0.0499 e. The molecule has 2 rings (SSSR count). The molecule has 0 spiro atoms. The number of hydrazine groups is 1. The van der Waals surface area contributed by atoms with Crippen molar-refractivity contribution in [2.45, 2.75) is 52.0 Å². The normalized spacial score (nSPS) is 17.4. The minimum absolute atomic E-state index is 0.245. The quantitative estimate of drug-likeness (QED) is 0.481. The smallest absolute Gasteiger partial charge is 0.0499 e. The van der Waals surface area contributed by atoms with Crippen LogP contribution in [0.4, 0.5) is 0 Å². The molecule has 0 fully saturated rings. The first-order valence-electron chi connectivity index (χ1n) is 6.92. The first-order chi connectivity index (χ1) is 8.72. The maximum absolute atomic E-state index is 5.76. The summed E-state index contributed by atoms with van der Waals surface area (Å²) >= 11 is 0. The predicted octanol–water partition coefficient (Wildman–Crippen LogP) is 3.70. The third-order valence-electron chi connectivity index (χ3n) is 4.07. The molecule has 0 saturated carbocycles. The van der Waals surface area contributed by atoms with Gasteiger partial charge in [-0.1, -0.05) is 29.8 Å². The predicted molar refractivity (Wildman–Crippen MR) is 77.1 cm³/mol. The van der Waals surface area contributed by atoms with Gasteiger partial charge in [0.2, 0.25) is 0 Å². The Labute approximate surface area is 110 Å². The van der Waals surface area contributed by atoms with Crippen molar-refractivity contribution in [3.63, 3.8) is 0 Å². The molecule has 18 heavy (non-hydrogen) atoms. The third-order valence-corrected chi connectivity index (χ3v) is 4.07. The van der Waals surface area contributed by atoms with Gasteiger partial charge in [-0.25, -0.2) is 0 Å². The van der Waals surface area contributed by atoms with E-state index in [9.17, 15) is 0 Å². The molecule has 1 aliphatic carbocycles. The molecule has 1 atom stereocenters. The summed E-state index contributed by atoms with van der Waals surface area (Å²) in [6.45, 7) is 4.34. The minimum Gasteiger partial charge on any atom is -0.271 e. The van der Waals surface area contributed by atoms with E-state index in [1.807, 2.05) is 0 Å². The molecule has 1 aromatic carbocycles. The zero-order chi connectivity index (χ0) is 13.0. The Hall–Kier alpha value is -1.12. The van der Waals surface area contributed by atoms with E-state index >= 15 is 0 Å². The van der Waals surface area contributed by atoms with Crippen molar-refractivity contribution in [1.82, 2.24) is 5.43 Å². The van der Waals surface area contributed by atoms with Crippen LogP contribution in [0.5, 0.6) is 0 Å². The van der Waals surface area contributed by atoms with Gasteiger partial charge in [-0.05, 0) is 62.6 Å². The number of nitrogens with one attached hydrogen (secondary N) is 1. The molecule has 1 aliphatic rings. The fourth-order valence-electron chi connectivity index (χ4n) is 2.76. The summed E-state index contributed by atoms with van der Waals surface area (Å²) in [4.78, 5) is 0. The van der Waals surface area contributed by atoms with Crippen LogP contribution < -0.4 is 11.3 Å². The van der Waals surface area contributed by atoms with E-state index in [1.54, 1.807) is 5.57 Å². The number of hydrogen-bond donors (Lipinski definition) is 2. The van der Waals surface area contributed by atoms with Crippen molar-refractivity contribution in [3.05, 3.63) is 46.5 Å². The standard InChI is InChI=1S/C16H24N2/c1-12-7-6-10-15(13(12)2)16(18-17)11-14-8-4-3-5-9-14/h6-8,10,16,18H,3-5,9,11,17H2,1-2H3. The van der Waals surface area contributed by atoms with Gasteiger partial charge in [0.15, 0.2) is 0 Å². The highest BCUT2D eigenvalue weighted by Gasteiger charge is 2.15. The van der Waals surface area contributed by atoms with E-state index in [1.165, 1.54) is 42.4 Å². The Morgan fingerprint density at radius 2 is 2.11 bits per heavy atom. The lowest BCUT2D eigenvalue weighted by molar-refractivity contribution is 0.526. The SMILES string of the molecule is Cc1cccc(C(CC2=CCCCC2)NN)c1C. The molecule has 0 aromatic heterocycles. The minimum atomic E-state index is 0.245. The second-order valence-corrected chi connectivity index (χ2v) is 5.32. The fraction of sp³-hybridized carbons (Fsp3) is 0.500. The van der Waals surface area contributed by atoms with Crippen molar-refractivity contribution in [1.29, 1.82) is 0 Å². The Balaban J connectivity index is 2.17. The van der Waals surface area contributed by atoms with Crippen molar-refractivity contribution in [3.8, 4) is 0 Å². The number of nitrogens with two attached hydrogens (primary N) is 1. The lowest BCUT2D eigenvalue weighted by Crippen LogP contribution is -2.29. The van der Waals surface area contributed by atoms with Gasteiger partial charge in [0.25, 0.3) is 0 Å². The number of allylic oxidation sites excluding steroid dienone is 1. The van der Waals surface area contributed by atoms with E-state index in [2.05, 4.69) is 43.5 Å². The maximum atomic E-state index is 5.76. The molecule has 0 amide bonds. The van der Waals surface area contributed by atoms with Crippen molar-refractivity contribution in [2.75, 3.05) is 0 Å². The summed E-state index contributed by atoms with van der Waals surface area (Å²) in [5, 5.41) is 0. The summed E-state index contributed by atoms with van der Waals surface area (Å²) < 4.78 is 0. The summed E-state index contributed by atoms with van der Waals surface area (Å²) in [5.41, 5.74) is 8.59. The molecule has 98 valence electrons. The van der Waals surface area contributed by atoms with E-state index < -0.39 is 0 Å². The van der Waals surface area contributed by atoms with Gasteiger partial charge in [-0.2, -0.15) is 0 Å². The molecule has 0 bridgehead atoms. The molecule has 0 radical (unpaired) electrons. The van der Waals surface area contributed by atoms with Gasteiger partial charge in [-0.3, -0.25) is 11.3 Å². The highest BCUT2D eigenvalue weighted by Crippen LogP contribution is 2.29.